The van der Waals surface area contributed by atoms with E-state index in [0.717, 1.165) is 0 Å². The highest BCUT2D eigenvalue weighted by Crippen LogP contribution is 1.91. The van der Waals surface area contributed by atoms with E-state index in [-0.39, 0.29) is 12.5 Å². The zero-order chi connectivity index (χ0) is 10.3. The molecule has 0 heterocycles. The Bertz CT molecular complexity index is 187. The Kier molecular flexibility index (Phi) is 5.96. The van der Waals surface area contributed by atoms with Gasteiger partial charge in [-0.3, -0.25) is 9.59 Å². The van der Waals surface area contributed by atoms with Crippen molar-refractivity contribution in [3.8, 4) is 0 Å². The Morgan fingerprint density at radius 2 is 2.15 bits per heavy atom. The van der Waals surface area contributed by atoms with Crippen molar-refractivity contribution in [3.05, 3.63) is 0 Å². The summed E-state index contributed by atoms with van der Waals surface area (Å²) in [6.45, 7) is 1.19. The number of likely N-dealkylation sites (N-methyl/N-ethyl adjacent to an activating group) is 1. The van der Waals surface area contributed by atoms with Crippen LogP contribution in [0.1, 0.15) is 0 Å². The fourth-order valence-electron chi connectivity index (χ4n) is 0.950. The van der Waals surface area contributed by atoms with Crippen LogP contribution in [0.25, 0.3) is 0 Å². The number of amides is 2. The molecule has 0 aliphatic rings. The van der Waals surface area contributed by atoms with E-state index in [1.807, 2.05) is 0 Å². The van der Waals surface area contributed by atoms with Crippen LogP contribution >= 0.6 is 0 Å². The maximum Gasteiger partial charge on any atom is 0.237 e. The van der Waals surface area contributed by atoms with Gasteiger partial charge in [0.2, 0.25) is 11.8 Å². The SMILES string of the molecule is BCC(=O)N(CCNC)CC(N)=O. The first-order valence-electron chi connectivity index (χ1n) is 4.32. The first-order valence-corrected chi connectivity index (χ1v) is 4.32. The number of hydrogen-bond acceptors (Lipinski definition) is 3. The third-order valence-electron chi connectivity index (χ3n) is 1.63. The van der Waals surface area contributed by atoms with Crippen LogP contribution in [-0.2, 0) is 9.59 Å². The summed E-state index contributed by atoms with van der Waals surface area (Å²) >= 11 is 0. The third-order valence-corrected chi connectivity index (χ3v) is 1.63. The number of hydrogen-bond donors (Lipinski definition) is 2. The average Bonchev–Trinajstić information content (AvgIpc) is 2.10. The summed E-state index contributed by atoms with van der Waals surface area (Å²) in [5.41, 5.74) is 5.00. The predicted octanol–water partition coefficient (Wildman–Crippen LogP) is -2.43. The minimum atomic E-state index is -0.474. The van der Waals surface area contributed by atoms with E-state index in [9.17, 15) is 9.59 Å². The van der Waals surface area contributed by atoms with Crippen molar-refractivity contribution in [2.24, 2.45) is 5.73 Å². The fourth-order valence-corrected chi connectivity index (χ4v) is 0.950. The van der Waals surface area contributed by atoms with Gasteiger partial charge in [-0.05, 0) is 13.4 Å². The summed E-state index contributed by atoms with van der Waals surface area (Å²) in [5.74, 6) is -0.521. The fraction of sp³-hybridized carbons (Fsp3) is 0.714. The maximum absolute atomic E-state index is 11.2. The van der Waals surface area contributed by atoms with Crippen LogP contribution in [-0.4, -0.2) is 51.2 Å². The summed E-state index contributed by atoms with van der Waals surface area (Å²) < 4.78 is 0. The molecule has 0 saturated heterocycles. The van der Waals surface area contributed by atoms with Gasteiger partial charge in [-0.15, -0.1) is 0 Å². The predicted molar refractivity (Wildman–Crippen MR) is 53.1 cm³/mol. The topological polar surface area (TPSA) is 75.4 Å². The molecule has 0 aromatic rings. The molecule has 74 valence electrons. The summed E-state index contributed by atoms with van der Waals surface area (Å²) in [6, 6.07) is 0. The monoisotopic (exact) mass is 185 g/mol. The van der Waals surface area contributed by atoms with Gasteiger partial charge in [0, 0.05) is 13.1 Å². The van der Waals surface area contributed by atoms with Gasteiger partial charge < -0.3 is 16.0 Å². The van der Waals surface area contributed by atoms with Gasteiger partial charge in [0.15, 0.2) is 0 Å². The molecule has 3 N–H and O–H groups in total. The second-order valence-electron chi connectivity index (χ2n) is 2.74. The van der Waals surface area contributed by atoms with Crippen LogP contribution in [0.15, 0.2) is 0 Å². The van der Waals surface area contributed by atoms with E-state index in [4.69, 9.17) is 5.73 Å². The van der Waals surface area contributed by atoms with Crippen LogP contribution in [0.3, 0.4) is 0 Å². The quantitative estimate of drug-likeness (QED) is 0.452. The Labute approximate surface area is 79.1 Å². The average molecular weight is 185 g/mol. The number of nitrogens with one attached hydrogen (secondary N) is 1. The molecule has 0 spiro atoms. The molecule has 0 aromatic heterocycles. The number of nitrogens with zero attached hydrogens (tertiary/aromatic N) is 1. The molecule has 0 rings (SSSR count). The van der Waals surface area contributed by atoms with E-state index < -0.39 is 5.91 Å². The van der Waals surface area contributed by atoms with E-state index in [1.165, 1.54) is 4.90 Å². The summed E-state index contributed by atoms with van der Waals surface area (Å²) in [5, 5.41) is 2.90. The zero-order valence-corrected chi connectivity index (χ0v) is 8.17. The van der Waals surface area contributed by atoms with Crippen molar-refractivity contribution in [2.75, 3.05) is 26.7 Å². The van der Waals surface area contributed by atoms with Crippen LogP contribution in [0, 0.1) is 0 Å². The number of carbonyl (C=O) groups excluding carboxylic acids is 2. The lowest BCUT2D eigenvalue weighted by Crippen LogP contribution is -2.41. The molecule has 0 radical (unpaired) electrons. The molecule has 0 aliphatic carbocycles. The van der Waals surface area contributed by atoms with Crippen molar-refractivity contribution in [1.29, 1.82) is 0 Å². The summed E-state index contributed by atoms with van der Waals surface area (Å²) in [4.78, 5) is 23.3. The van der Waals surface area contributed by atoms with Gasteiger partial charge in [-0.25, -0.2) is 0 Å². The maximum atomic E-state index is 11.2. The Morgan fingerprint density at radius 1 is 1.54 bits per heavy atom. The van der Waals surface area contributed by atoms with Gasteiger partial charge in [-0.1, -0.05) is 0 Å². The van der Waals surface area contributed by atoms with Gasteiger partial charge in [0.25, 0.3) is 0 Å². The number of rotatable bonds is 6. The van der Waals surface area contributed by atoms with E-state index in [0.29, 0.717) is 19.4 Å². The Hall–Kier alpha value is -1.04. The minimum Gasteiger partial charge on any atom is -0.368 e. The van der Waals surface area contributed by atoms with Gasteiger partial charge in [0.1, 0.15) is 7.85 Å². The highest BCUT2D eigenvalue weighted by Gasteiger charge is 2.12. The second kappa shape index (κ2) is 6.48. The van der Waals surface area contributed by atoms with Gasteiger partial charge >= 0.3 is 0 Å². The normalized spacial score (nSPS) is 9.62. The largest absolute Gasteiger partial charge is 0.368 e. The number of primary amides is 1. The van der Waals surface area contributed by atoms with Crippen LogP contribution in [0.4, 0.5) is 0 Å². The minimum absolute atomic E-state index is 0.00829. The first kappa shape index (κ1) is 12.0. The second-order valence-corrected chi connectivity index (χ2v) is 2.74. The molecule has 0 atom stereocenters. The van der Waals surface area contributed by atoms with Crippen LogP contribution < -0.4 is 11.1 Å². The molecule has 13 heavy (non-hydrogen) atoms. The van der Waals surface area contributed by atoms with Crippen molar-refractivity contribution in [3.63, 3.8) is 0 Å². The molecule has 0 bridgehead atoms. The molecule has 0 unspecified atom stereocenters. The molecule has 5 nitrogen and oxygen atoms in total. The van der Waals surface area contributed by atoms with E-state index >= 15 is 0 Å². The summed E-state index contributed by atoms with van der Waals surface area (Å²) in [6.07, 6.45) is 0.400. The molecular weight excluding hydrogens is 169 g/mol. The smallest absolute Gasteiger partial charge is 0.237 e. The lowest BCUT2D eigenvalue weighted by Gasteiger charge is -2.20. The molecule has 6 heteroatoms. The highest BCUT2D eigenvalue weighted by atomic mass is 16.2. The van der Waals surface area contributed by atoms with Crippen molar-refractivity contribution in [2.45, 2.75) is 6.32 Å². The highest BCUT2D eigenvalue weighted by molar-refractivity contribution is 6.19. The Morgan fingerprint density at radius 3 is 2.54 bits per heavy atom. The zero-order valence-electron chi connectivity index (χ0n) is 8.17. The Balaban J connectivity index is 4.02. The number of carbonyl (C=O) groups is 2. The van der Waals surface area contributed by atoms with E-state index in [1.54, 1.807) is 14.9 Å². The van der Waals surface area contributed by atoms with Gasteiger partial charge in [-0.2, -0.15) is 0 Å². The lowest BCUT2D eigenvalue weighted by molar-refractivity contribution is -0.133. The van der Waals surface area contributed by atoms with E-state index in [2.05, 4.69) is 5.32 Å². The van der Waals surface area contributed by atoms with Crippen LogP contribution in [0.2, 0.25) is 6.32 Å². The van der Waals surface area contributed by atoms with Crippen molar-refractivity contribution < 1.29 is 9.59 Å². The molecule has 0 aromatic carbocycles. The standard InChI is InChI=1S/C7H16BN3O2/c1-10-2-3-11(5-6(9)12)7(13)4-8/h10H,2-5,8H2,1H3,(H2,9,12). The molecule has 0 fully saturated rings. The van der Waals surface area contributed by atoms with Gasteiger partial charge in [0.05, 0.1) is 6.54 Å². The lowest BCUT2D eigenvalue weighted by atomic mass is 10.0. The van der Waals surface area contributed by atoms with Crippen molar-refractivity contribution >= 4 is 19.7 Å². The van der Waals surface area contributed by atoms with Crippen LogP contribution in [0.5, 0.6) is 0 Å². The molecule has 0 saturated carbocycles. The summed E-state index contributed by atoms with van der Waals surface area (Å²) in [7, 11) is 3.55. The molecule has 2 amide bonds. The van der Waals surface area contributed by atoms with Crippen molar-refractivity contribution in [1.82, 2.24) is 10.2 Å². The third kappa shape index (κ3) is 5.24. The molecular formula is C7H16BN3O2. The number of nitrogens with two attached hydrogens (primary N) is 1. The molecule has 0 aliphatic heterocycles. The first-order chi connectivity index (χ1) is 6.11.